The van der Waals surface area contributed by atoms with Gasteiger partial charge in [-0.25, -0.2) is 4.39 Å². The minimum Gasteiger partial charge on any atom is -0.352 e. The molecule has 6 heteroatoms. The predicted octanol–water partition coefficient (Wildman–Crippen LogP) is 1.64. The van der Waals surface area contributed by atoms with Gasteiger partial charge in [-0.1, -0.05) is 24.3 Å². The highest BCUT2D eigenvalue weighted by Gasteiger charge is 2.34. The third kappa shape index (κ3) is 3.69. The predicted molar refractivity (Wildman–Crippen MR) is 92.4 cm³/mol. The largest absolute Gasteiger partial charge is 0.352 e. The first-order chi connectivity index (χ1) is 12.1. The van der Waals surface area contributed by atoms with Crippen molar-refractivity contribution in [2.45, 2.75) is 12.5 Å². The van der Waals surface area contributed by atoms with E-state index in [1.54, 1.807) is 12.1 Å². The molecule has 1 heterocycles. The van der Waals surface area contributed by atoms with Crippen molar-refractivity contribution in [2.24, 2.45) is 5.73 Å². The van der Waals surface area contributed by atoms with Crippen LogP contribution in [0.3, 0.4) is 0 Å². The fourth-order valence-corrected chi connectivity index (χ4v) is 3.01. The highest BCUT2D eigenvalue weighted by Crippen LogP contribution is 2.25. The lowest BCUT2D eigenvalue weighted by molar-refractivity contribution is -0.128. The average Bonchev–Trinajstić information content (AvgIpc) is 2.63. The highest BCUT2D eigenvalue weighted by atomic mass is 19.1. The first-order valence-corrected chi connectivity index (χ1v) is 8.23. The summed E-state index contributed by atoms with van der Waals surface area (Å²) in [5, 5.41) is 2.77. The summed E-state index contributed by atoms with van der Waals surface area (Å²) in [6.45, 7) is 1.34. The Kier molecular flexibility index (Phi) is 5.09. The molecule has 0 aliphatic carbocycles. The van der Waals surface area contributed by atoms with E-state index in [0.717, 1.165) is 12.0 Å². The molecular weight excluding hydrogens is 321 g/mol. The number of nitrogens with one attached hydrogen (secondary N) is 1. The van der Waals surface area contributed by atoms with Gasteiger partial charge in [0.2, 0.25) is 5.91 Å². The van der Waals surface area contributed by atoms with E-state index in [-0.39, 0.29) is 17.6 Å². The van der Waals surface area contributed by atoms with Crippen LogP contribution >= 0.6 is 0 Å². The summed E-state index contributed by atoms with van der Waals surface area (Å²) in [5.41, 5.74) is 7.70. The number of hydrogen-bond acceptors (Lipinski definition) is 3. The van der Waals surface area contributed by atoms with E-state index in [0.29, 0.717) is 30.8 Å². The Bertz CT molecular complexity index is 759. The zero-order chi connectivity index (χ0) is 17.8. The second kappa shape index (κ2) is 7.44. The summed E-state index contributed by atoms with van der Waals surface area (Å²) < 4.78 is 13.2. The molecule has 0 radical (unpaired) electrons. The number of benzene rings is 2. The number of rotatable bonds is 4. The number of nitrogens with two attached hydrogens (primary N) is 1. The minimum atomic E-state index is -0.759. The molecule has 2 aromatic carbocycles. The first kappa shape index (κ1) is 17.1. The molecule has 1 fully saturated rings. The Balaban J connectivity index is 1.87. The second-order valence-corrected chi connectivity index (χ2v) is 5.98. The van der Waals surface area contributed by atoms with Crippen LogP contribution in [0.4, 0.5) is 4.39 Å². The van der Waals surface area contributed by atoms with Crippen LogP contribution in [-0.4, -0.2) is 36.3 Å². The Morgan fingerprint density at radius 3 is 2.48 bits per heavy atom. The van der Waals surface area contributed by atoms with Gasteiger partial charge >= 0.3 is 0 Å². The molecule has 0 saturated carbocycles. The molecule has 1 saturated heterocycles. The van der Waals surface area contributed by atoms with Crippen molar-refractivity contribution in [1.82, 2.24) is 10.2 Å². The molecule has 3 N–H and O–H groups in total. The van der Waals surface area contributed by atoms with Crippen molar-refractivity contribution < 1.29 is 14.0 Å². The van der Waals surface area contributed by atoms with Crippen LogP contribution in [0.5, 0.6) is 0 Å². The van der Waals surface area contributed by atoms with Crippen LogP contribution in [0.1, 0.15) is 27.5 Å². The molecule has 3 rings (SSSR count). The van der Waals surface area contributed by atoms with E-state index in [2.05, 4.69) is 5.32 Å². The Hall–Kier alpha value is -2.73. The quantitative estimate of drug-likeness (QED) is 0.888. The van der Waals surface area contributed by atoms with Crippen molar-refractivity contribution in [2.75, 3.05) is 19.6 Å². The summed E-state index contributed by atoms with van der Waals surface area (Å²) in [6, 6.07) is 12.1. The molecule has 1 aliphatic heterocycles. The number of carbonyl (C=O) groups excluding carboxylic acids is 2. The summed E-state index contributed by atoms with van der Waals surface area (Å²) in [5.74, 6) is -0.859. The maximum Gasteiger partial charge on any atom is 0.254 e. The molecule has 2 amide bonds. The molecule has 5 nitrogen and oxygen atoms in total. The number of carbonyl (C=O) groups is 2. The van der Waals surface area contributed by atoms with Gasteiger partial charge in [0.1, 0.15) is 11.9 Å². The Morgan fingerprint density at radius 2 is 1.84 bits per heavy atom. The lowest BCUT2D eigenvalue weighted by atomic mass is 10.0. The highest BCUT2D eigenvalue weighted by molar-refractivity contribution is 5.98. The standard InChI is InChI=1S/C19H20FN3O2/c20-16-7-5-14(6-8-16)17-18(24)22-11-12-23(17)19(25)15-3-1-13(2-4-15)9-10-21/h1-8,17H,9-12,21H2,(H,22,24)/t17-/m0/s1. The number of piperazine rings is 1. The van der Waals surface area contributed by atoms with Crippen LogP contribution in [-0.2, 0) is 11.2 Å². The van der Waals surface area contributed by atoms with Crippen LogP contribution in [0.15, 0.2) is 48.5 Å². The van der Waals surface area contributed by atoms with Gasteiger partial charge in [0.15, 0.2) is 0 Å². The molecule has 130 valence electrons. The van der Waals surface area contributed by atoms with Crippen LogP contribution in [0.25, 0.3) is 0 Å². The monoisotopic (exact) mass is 341 g/mol. The van der Waals surface area contributed by atoms with Crippen molar-refractivity contribution in [3.05, 3.63) is 71.0 Å². The summed E-state index contributed by atoms with van der Waals surface area (Å²) in [4.78, 5) is 26.8. The molecule has 0 unspecified atom stereocenters. The molecule has 25 heavy (non-hydrogen) atoms. The number of nitrogens with zero attached hydrogens (tertiary/aromatic N) is 1. The maximum absolute atomic E-state index is 13.2. The smallest absolute Gasteiger partial charge is 0.254 e. The van der Waals surface area contributed by atoms with Crippen molar-refractivity contribution in [1.29, 1.82) is 0 Å². The van der Waals surface area contributed by atoms with Gasteiger partial charge in [0.25, 0.3) is 5.91 Å². The molecular formula is C19H20FN3O2. The molecule has 2 aromatic rings. The maximum atomic E-state index is 13.2. The van der Waals surface area contributed by atoms with E-state index in [1.807, 2.05) is 12.1 Å². The fraction of sp³-hybridized carbons (Fsp3) is 0.263. The zero-order valence-corrected chi connectivity index (χ0v) is 13.7. The van der Waals surface area contributed by atoms with Gasteiger partial charge in [0.05, 0.1) is 0 Å². The van der Waals surface area contributed by atoms with Crippen LogP contribution in [0, 0.1) is 5.82 Å². The first-order valence-electron chi connectivity index (χ1n) is 8.23. The summed E-state index contributed by atoms with van der Waals surface area (Å²) in [6.07, 6.45) is 0.749. The lowest BCUT2D eigenvalue weighted by Crippen LogP contribution is -2.52. The fourth-order valence-electron chi connectivity index (χ4n) is 3.01. The van der Waals surface area contributed by atoms with Gasteiger partial charge in [-0.3, -0.25) is 9.59 Å². The minimum absolute atomic E-state index is 0.219. The van der Waals surface area contributed by atoms with E-state index in [1.165, 1.54) is 29.2 Å². The van der Waals surface area contributed by atoms with E-state index >= 15 is 0 Å². The van der Waals surface area contributed by atoms with E-state index in [9.17, 15) is 14.0 Å². The third-order valence-corrected chi connectivity index (χ3v) is 4.29. The number of halogens is 1. The van der Waals surface area contributed by atoms with Crippen molar-refractivity contribution in [3.8, 4) is 0 Å². The molecule has 1 atom stereocenters. The summed E-state index contributed by atoms with van der Waals surface area (Å²) >= 11 is 0. The van der Waals surface area contributed by atoms with Gasteiger partial charge in [-0.2, -0.15) is 0 Å². The second-order valence-electron chi connectivity index (χ2n) is 5.98. The Labute approximate surface area is 145 Å². The summed E-state index contributed by atoms with van der Waals surface area (Å²) in [7, 11) is 0. The lowest BCUT2D eigenvalue weighted by Gasteiger charge is -2.35. The van der Waals surface area contributed by atoms with Crippen LogP contribution in [0.2, 0.25) is 0 Å². The van der Waals surface area contributed by atoms with Gasteiger partial charge in [-0.15, -0.1) is 0 Å². The van der Waals surface area contributed by atoms with Crippen LogP contribution < -0.4 is 11.1 Å². The molecule has 0 spiro atoms. The molecule has 0 aromatic heterocycles. The zero-order valence-electron chi connectivity index (χ0n) is 13.7. The SMILES string of the molecule is NCCc1ccc(C(=O)N2CCNC(=O)[C@@H]2c2ccc(F)cc2)cc1. The topological polar surface area (TPSA) is 75.4 Å². The van der Waals surface area contributed by atoms with Gasteiger partial charge in [-0.05, 0) is 48.4 Å². The third-order valence-electron chi connectivity index (χ3n) is 4.29. The Morgan fingerprint density at radius 1 is 1.16 bits per heavy atom. The normalized spacial score (nSPS) is 17.3. The molecule has 0 bridgehead atoms. The van der Waals surface area contributed by atoms with Gasteiger partial charge in [0, 0.05) is 18.7 Å². The van der Waals surface area contributed by atoms with E-state index in [4.69, 9.17) is 5.73 Å². The van der Waals surface area contributed by atoms with Crippen molar-refractivity contribution >= 4 is 11.8 Å². The van der Waals surface area contributed by atoms with E-state index < -0.39 is 6.04 Å². The number of amides is 2. The number of hydrogen-bond donors (Lipinski definition) is 2. The molecule has 1 aliphatic rings. The average molecular weight is 341 g/mol. The van der Waals surface area contributed by atoms with Gasteiger partial charge < -0.3 is 16.0 Å². The van der Waals surface area contributed by atoms with Crippen molar-refractivity contribution in [3.63, 3.8) is 0 Å².